The van der Waals surface area contributed by atoms with E-state index in [4.69, 9.17) is 0 Å². The fourth-order valence-electron chi connectivity index (χ4n) is 0.678. The molecule has 0 aliphatic carbocycles. The Balaban J connectivity index is 3.08. The molecular formula is C7H4BrF3O. The number of halogens is 4. The first-order valence-corrected chi connectivity index (χ1v) is 3.78. The predicted molar refractivity (Wildman–Crippen MR) is 40.7 cm³/mol. The minimum Gasteiger partial charge on any atom is -0.460 e. The average molecular weight is 241 g/mol. The zero-order valence-electron chi connectivity index (χ0n) is 5.78. The second-order valence-electron chi connectivity index (χ2n) is 1.93. The highest BCUT2D eigenvalue weighted by Gasteiger charge is 2.12. The zero-order valence-corrected chi connectivity index (χ0v) is 7.37. The molecule has 1 aromatic carbocycles. The van der Waals surface area contributed by atoms with Gasteiger partial charge in [-0.1, -0.05) is 0 Å². The van der Waals surface area contributed by atoms with E-state index in [9.17, 15) is 13.2 Å². The maximum Gasteiger partial charge on any atom is 0.228 e. The predicted octanol–water partition coefficient (Wildman–Crippen LogP) is 3.03. The van der Waals surface area contributed by atoms with Gasteiger partial charge in [0.15, 0.2) is 11.6 Å². The van der Waals surface area contributed by atoms with Gasteiger partial charge in [0.1, 0.15) is 0 Å². The molecule has 0 saturated heterocycles. The van der Waals surface area contributed by atoms with Crippen LogP contribution in [0, 0.1) is 11.6 Å². The summed E-state index contributed by atoms with van der Waals surface area (Å²) >= 11 is 2.77. The lowest BCUT2D eigenvalue weighted by molar-refractivity contribution is 0.182. The van der Waals surface area contributed by atoms with E-state index in [2.05, 4.69) is 20.7 Å². The van der Waals surface area contributed by atoms with Crippen molar-refractivity contribution in [2.75, 3.05) is 6.86 Å². The Morgan fingerprint density at radius 2 is 1.92 bits per heavy atom. The molecule has 5 heteroatoms. The third kappa shape index (κ3) is 1.72. The Kier molecular flexibility index (Phi) is 2.97. The lowest BCUT2D eigenvalue weighted by atomic mass is 10.3. The molecule has 0 aromatic heterocycles. The van der Waals surface area contributed by atoms with Gasteiger partial charge in [-0.15, -0.1) is 0 Å². The standard InChI is InChI=1S/C7H4BrF3O/c8-4-1-2-5(12-3-9)7(11)6(4)10/h1-2H,3H2. The van der Waals surface area contributed by atoms with Gasteiger partial charge in [-0.25, -0.2) is 8.78 Å². The van der Waals surface area contributed by atoms with Crippen LogP contribution in [0.25, 0.3) is 0 Å². The van der Waals surface area contributed by atoms with Crippen LogP contribution in [-0.4, -0.2) is 6.86 Å². The van der Waals surface area contributed by atoms with Gasteiger partial charge in [-0.3, -0.25) is 0 Å². The summed E-state index contributed by atoms with van der Waals surface area (Å²) in [5.41, 5.74) is 0. The molecule has 0 aliphatic rings. The molecule has 1 aromatic rings. The Morgan fingerprint density at radius 1 is 1.25 bits per heavy atom. The van der Waals surface area contributed by atoms with Crippen molar-refractivity contribution >= 4 is 15.9 Å². The average Bonchev–Trinajstić information content (AvgIpc) is 2.07. The first-order valence-electron chi connectivity index (χ1n) is 2.99. The highest BCUT2D eigenvalue weighted by Crippen LogP contribution is 2.25. The smallest absolute Gasteiger partial charge is 0.228 e. The van der Waals surface area contributed by atoms with Crippen LogP contribution in [0.5, 0.6) is 5.75 Å². The van der Waals surface area contributed by atoms with E-state index in [1.54, 1.807) is 0 Å². The molecule has 0 saturated carbocycles. The highest BCUT2D eigenvalue weighted by molar-refractivity contribution is 9.10. The second kappa shape index (κ2) is 3.80. The summed E-state index contributed by atoms with van der Waals surface area (Å²) in [6, 6.07) is 2.38. The van der Waals surface area contributed by atoms with Gasteiger partial charge in [0.2, 0.25) is 12.7 Å². The molecule has 0 bridgehead atoms. The molecule has 0 heterocycles. The molecule has 0 aliphatic heterocycles. The van der Waals surface area contributed by atoms with Crippen molar-refractivity contribution in [2.24, 2.45) is 0 Å². The molecular weight excluding hydrogens is 237 g/mol. The van der Waals surface area contributed by atoms with Gasteiger partial charge in [0.25, 0.3) is 0 Å². The second-order valence-corrected chi connectivity index (χ2v) is 2.78. The summed E-state index contributed by atoms with van der Waals surface area (Å²) < 4.78 is 41.2. The molecule has 12 heavy (non-hydrogen) atoms. The zero-order chi connectivity index (χ0) is 9.14. The Hall–Kier alpha value is -0.710. The lowest BCUT2D eigenvalue weighted by Gasteiger charge is -2.03. The minimum atomic E-state index is -1.19. The van der Waals surface area contributed by atoms with Gasteiger partial charge >= 0.3 is 0 Å². The topological polar surface area (TPSA) is 9.23 Å². The lowest BCUT2D eigenvalue weighted by Crippen LogP contribution is -1.96. The third-order valence-corrected chi connectivity index (χ3v) is 1.82. The van der Waals surface area contributed by atoms with Gasteiger partial charge in [0.05, 0.1) is 4.47 Å². The van der Waals surface area contributed by atoms with E-state index < -0.39 is 24.2 Å². The normalized spacial score (nSPS) is 10.0. The SMILES string of the molecule is FCOc1ccc(Br)c(F)c1F. The van der Waals surface area contributed by atoms with E-state index in [1.807, 2.05) is 0 Å². The summed E-state index contributed by atoms with van der Waals surface area (Å²) in [5, 5.41) is 0. The number of hydrogen-bond donors (Lipinski definition) is 0. The van der Waals surface area contributed by atoms with Crippen LogP contribution >= 0.6 is 15.9 Å². The van der Waals surface area contributed by atoms with Gasteiger partial charge in [-0.05, 0) is 28.1 Å². The van der Waals surface area contributed by atoms with Crippen molar-refractivity contribution < 1.29 is 17.9 Å². The van der Waals surface area contributed by atoms with Gasteiger partial charge in [-0.2, -0.15) is 4.39 Å². The molecule has 0 N–H and O–H groups in total. The van der Waals surface area contributed by atoms with Crippen LogP contribution in [0.15, 0.2) is 16.6 Å². The molecule has 0 atom stereocenters. The van der Waals surface area contributed by atoms with E-state index in [1.165, 1.54) is 6.07 Å². The maximum absolute atomic E-state index is 12.8. The molecule has 0 fully saturated rings. The van der Waals surface area contributed by atoms with Crippen LogP contribution in [0.1, 0.15) is 0 Å². The first-order chi connectivity index (χ1) is 5.66. The van der Waals surface area contributed by atoms with E-state index in [0.29, 0.717) is 0 Å². The van der Waals surface area contributed by atoms with Crippen molar-refractivity contribution in [1.82, 2.24) is 0 Å². The number of ether oxygens (including phenoxy) is 1. The molecule has 1 nitrogen and oxygen atoms in total. The Morgan fingerprint density at radius 3 is 2.50 bits per heavy atom. The highest BCUT2D eigenvalue weighted by atomic mass is 79.9. The summed E-state index contributed by atoms with van der Waals surface area (Å²) in [7, 11) is 0. The van der Waals surface area contributed by atoms with E-state index >= 15 is 0 Å². The maximum atomic E-state index is 12.8. The number of alkyl halides is 1. The molecule has 1 rings (SSSR count). The van der Waals surface area contributed by atoms with E-state index in [-0.39, 0.29) is 4.47 Å². The van der Waals surface area contributed by atoms with Crippen LogP contribution in [0.2, 0.25) is 0 Å². The summed E-state index contributed by atoms with van der Waals surface area (Å²) in [5.74, 6) is -2.71. The van der Waals surface area contributed by atoms with Crippen LogP contribution in [0.3, 0.4) is 0 Å². The molecule has 66 valence electrons. The molecule has 0 unspecified atom stereocenters. The van der Waals surface area contributed by atoms with Crippen molar-refractivity contribution in [3.05, 3.63) is 28.2 Å². The van der Waals surface area contributed by atoms with Gasteiger partial charge in [0, 0.05) is 0 Å². The van der Waals surface area contributed by atoms with Crippen molar-refractivity contribution in [3.63, 3.8) is 0 Å². The Labute approximate surface area is 75.3 Å². The van der Waals surface area contributed by atoms with Crippen molar-refractivity contribution in [2.45, 2.75) is 0 Å². The van der Waals surface area contributed by atoms with Gasteiger partial charge < -0.3 is 4.74 Å². The molecule has 0 spiro atoms. The fourth-order valence-corrected chi connectivity index (χ4v) is 0.985. The third-order valence-electron chi connectivity index (χ3n) is 1.21. The van der Waals surface area contributed by atoms with Crippen LogP contribution in [0.4, 0.5) is 13.2 Å². The number of rotatable bonds is 2. The first kappa shape index (κ1) is 9.38. The largest absolute Gasteiger partial charge is 0.460 e. The van der Waals surface area contributed by atoms with Crippen molar-refractivity contribution in [3.8, 4) is 5.75 Å². The summed E-state index contributed by atoms with van der Waals surface area (Å²) in [6.45, 7) is -1.18. The van der Waals surface area contributed by atoms with E-state index in [0.717, 1.165) is 6.07 Å². The molecule has 0 radical (unpaired) electrons. The summed E-state index contributed by atoms with van der Waals surface area (Å²) in [4.78, 5) is 0. The minimum absolute atomic E-state index is 0.0220. The monoisotopic (exact) mass is 240 g/mol. The van der Waals surface area contributed by atoms with Crippen molar-refractivity contribution in [1.29, 1.82) is 0 Å². The number of benzene rings is 1. The van der Waals surface area contributed by atoms with Crippen LogP contribution in [-0.2, 0) is 0 Å². The molecule has 0 amide bonds. The van der Waals surface area contributed by atoms with Crippen LogP contribution < -0.4 is 4.74 Å². The fraction of sp³-hybridized carbons (Fsp3) is 0.143. The Bertz CT molecular complexity index is 290. The quantitative estimate of drug-likeness (QED) is 0.723. The number of hydrogen-bond acceptors (Lipinski definition) is 1. The summed E-state index contributed by atoms with van der Waals surface area (Å²) in [6.07, 6.45) is 0.